The van der Waals surface area contributed by atoms with Crippen molar-refractivity contribution in [2.24, 2.45) is 0 Å². The number of carbonyl (C=O) groups excluding carboxylic acids is 1. The number of amides is 1. The molecule has 1 saturated heterocycles. The minimum atomic E-state index is -0.238. The van der Waals surface area contributed by atoms with Crippen molar-refractivity contribution in [3.8, 4) is 0 Å². The lowest BCUT2D eigenvalue weighted by Crippen LogP contribution is -2.49. The summed E-state index contributed by atoms with van der Waals surface area (Å²) < 4.78 is 5.24. The maximum absolute atomic E-state index is 11.4. The molecule has 4 heteroatoms. The SMILES string of the molecule is O=C(NC1CC(O)C1)C1CCCO1. The summed E-state index contributed by atoms with van der Waals surface area (Å²) in [7, 11) is 0. The normalized spacial score (nSPS) is 38.4. The molecule has 2 rings (SSSR count). The quantitative estimate of drug-likeness (QED) is 0.626. The van der Waals surface area contributed by atoms with Crippen LogP contribution in [0.5, 0.6) is 0 Å². The fourth-order valence-corrected chi connectivity index (χ4v) is 1.78. The Morgan fingerprint density at radius 1 is 1.46 bits per heavy atom. The molecule has 1 aliphatic carbocycles. The summed E-state index contributed by atoms with van der Waals surface area (Å²) in [5.41, 5.74) is 0. The highest BCUT2D eigenvalue weighted by Gasteiger charge is 2.31. The molecule has 1 saturated carbocycles. The Morgan fingerprint density at radius 2 is 2.23 bits per heavy atom. The van der Waals surface area contributed by atoms with Gasteiger partial charge in [0, 0.05) is 12.6 Å². The van der Waals surface area contributed by atoms with E-state index in [9.17, 15) is 4.79 Å². The van der Waals surface area contributed by atoms with Gasteiger partial charge in [0.2, 0.25) is 5.91 Å². The van der Waals surface area contributed by atoms with E-state index in [0.29, 0.717) is 19.4 Å². The van der Waals surface area contributed by atoms with E-state index in [1.807, 2.05) is 0 Å². The first-order chi connectivity index (χ1) is 6.25. The maximum atomic E-state index is 11.4. The minimum Gasteiger partial charge on any atom is -0.393 e. The lowest BCUT2D eigenvalue weighted by Gasteiger charge is -2.32. The van der Waals surface area contributed by atoms with Gasteiger partial charge in [-0.1, -0.05) is 0 Å². The van der Waals surface area contributed by atoms with E-state index in [1.54, 1.807) is 0 Å². The van der Waals surface area contributed by atoms with E-state index in [2.05, 4.69) is 5.32 Å². The second-order valence-electron chi connectivity index (χ2n) is 3.83. The molecule has 0 aromatic carbocycles. The molecule has 2 N–H and O–H groups in total. The second-order valence-corrected chi connectivity index (χ2v) is 3.83. The van der Waals surface area contributed by atoms with Crippen LogP contribution in [0.4, 0.5) is 0 Å². The molecule has 1 unspecified atom stereocenters. The van der Waals surface area contributed by atoms with Crippen LogP contribution in [0.25, 0.3) is 0 Å². The van der Waals surface area contributed by atoms with Gasteiger partial charge in [-0.15, -0.1) is 0 Å². The van der Waals surface area contributed by atoms with Crippen molar-refractivity contribution in [1.29, 1.82) is 0 Å². The predicted molar refractivity (Wildman–Crippen MR) is 46.1 cm³/mol. The molecule has 2 aliphatic rings. The second kappa shape index (κ2) is 3.64. The van der Waals surface area contributed by atoms with E-state index in [0.717, 1.165) is 12.8 Å². The van der Waals surface area contributed by atoms with Gasteiger partial charge in [0.05, 0.1) is 6.10 Å². The van der Waals surface area contributed by atoms with Crippen LogP contribution in [0.2, 0.25) is 0 Å². The van der Waals surface area contributed by atoms with E-state index in [4.69, 9.17) is 9.84 Å². The van der Waals surface area contributed by atoms with Crippen molar-refractivity contribution >= 4 is 5.91 Å². The van der Waals surface area contributed by atoms with Crippen LogP contribution in [-0.2, 0) is 9.53 Å². The Labute approximate surface area is 77.3 Å². The molecule has 1 atom stereocenters. The van der Waals surface area contributed by atoms with Crippen molar-refractivity contribution < 1.29 is 14.6 Å². The number of rotatable bonds is 2. The molecule has 1 amide bonds. The summed E-state index contributed by atoms with van der Waals surface area (Å²) in [6.45, 7) is 0.700. The van der Waals surface area contributed by atoms with Crippen molar-refractivity contribution in [3.63, 3.8) is 0 Å². The topological polar surface area (TPSA) is 58.6 Å². The number of nitrogens with one attached hydrogen (secondary N) is 1. The molecule has 0 aromatic rings. The van der Waals surface area contributed by atoms with E-state index in [-0.39, 0.29) is 24.2 Å². The predicted octanol–water partition coefficient (Wildman–Crippen LogP) is -0.195. The number of hydrogen-bond acceptors (Lipinski definition) is 3. The summed E-state index contributed by atoms with van der Waals surface area (Å²) in [6.07, 6.45) is 2.75. The van der Waals surface area contributed by atoms with Crippen molar-refractivity contribution in [2.45, 2.75) is 43.9 Å². The summed E-state index contributed by atoms with van der Waals surface area (Å²) in [4.78, 5) is 11.4. The molecule has 0 bridgehead atoms. The summed E-state index contributed by atoms with van der Waals surface area (Å²) in [5, 5.41) is 11.9. The molecular formula is C9H15NO3. The van der Waals surface area contributed by atoms with Crippen molar-refractivity contribution in [3.05, 3.63) is 0 Å². The number of carbonyl (C=O) groups is 1. The van der Waals surface area contributed by atoms with Crippen LogP contribution in [0.15, 0.2) is 0 Å². The van der Waals surface area contributed by atoms with Crippen LogP contribution < -0.4 is 5.32 Å². The molecule has 0 radical (unpaired) electrons. The van der Waals surface area contributed by atoms with Gasteiger partial charge in [-0.05, 0) is 25.7 Å². The highest BCUT2D eigenvalue weighted by atomic mass is 16.5. The third-order valence-electron chi connectivity index (χ3n) is 2.68. The Hall–Kier alpha value is -0.610. The molecule has 1 heterocycles. The number of ether oxygens (including phenoxy) is 1. The zero-order chi connectivity index (χ0) is 9.26. The molecule has 0 spiro atoms. The fraction of sp³-hybridized carbons (Fsp3) is 0.889. The zero-order valence-corrected chi connectivity index (χ0v) is 7.53. The molecule has 13 heavy (non-hydrogen) atoms. The Kier molecular flexibility index (Phi) is 2.51. The number of aliphatic hydroxyl groups excluding tert-OH is 1. The van der Waals surface area contributed by atoms with Crippen LogP contribution in [0, 0.1) is 0 Å². The van der Waals surface area contributed by atoms with Crippen molar-refractivity contribution in [2.75, 3.05) is 6.61 Å². The molecule has 1 aliphatic heterocycles. The Balaban J connectivity index is 1.72. The van der Waals surface area contributed by atoms with E-state index < -0.39 is 0 Å². The lowest BCUT2D eigenvalue weighted by atomic mass is 9.89. The smallest absolute Gasteiger partial charge is 0.249 e. The average Bonchev–Trinajstić information content (AvgIpc) is 2.53. The van der Waals surface area contributed by atoms with Crippen LogP contribution in [0.1, 0.15) is 25.7 Å². The lowest BCUT2D eigenvalue weighted by molar-refractivity contribution is -0.132. The number of aliphatic hydroxyl groups is 1. The van der Waals surface area contributed by atoms with Crippen LogP contribution >= 0.6 is 0 Å². The van der Waals surface area contributed by atoms with Gasteiger partial charge in [0.15, 0.2) is 0 Å². The van der Waals surface area contributed by atoms with Crippen molar-refractivity contribution in [1.82, 2.24) is 5.32 Å². The van der Waals surface area contributed by atoms with E-state index >= 15 is 0 Å². The molecule has 4 nitrogen and oxygen atoms in total. The zero-order valence-electron chi connectivity index (χ0n) is 7.53. The first-order valence-corrected chi connectivity index (χ1v) is 4.86. The number of hydrogen-bond donors (Lipinski definition) is 2. The van der Waals surface area contributed by atoms with Gasteiger partial charge in [-0.2, -0.15) is 0 Å². The largest absolute Gasteiger partial charge is 0.393 e. The molecule has 2 fully saturated rings. The van der Waals surface area contributed by atoms with Gasteiger partial charge < -0.3 is 15.2 Å². The summed E-state index contributed by atoms with van der Waals surface area (Å²) in [6, 6.07) is 0.173. The summed E-state index contributed by atoms with van der Waals surface area (Å²) >= 11 is 0. The summed E-state index contributed by atoms with van der Waals surface area (Å²) in [5.74, 6) is -0.00519. The molecular weight excluding hydrogens is 170 g/mol. The van der Waals surface area contributed by atoms with Gasteiger partial charge in [0.1, 0.15) is 6.10 Å². The first kappa shape index (κ1) is 8.97. The molecule has 74 valence electrons. The average molecular weight is 185 g/mol. The fourth-order valence-electron chi connectivity index (χ4n) is 1.78. The maximum Gasteiger partial charge on any atom is 0.249 e. The third kappa shape index (κ3) is 2.00. The van der Waals surface area contributed by atoms with Gasteiger partial charge >= 0.3 is 0 Å². The highest BCUT2D eigenvalue weighted by Crippen LogP contribution is 2.20. The van der Waals surface area contributed by atoms with Crippen LogP contribution in [0.3, 0.4) is 0 Å². The van der Waals surface area contributed by atoms with Gasteiger partial charge in [-0.25, -0.2) is 0 Å². The minimum absolute atomic E-state index is 0.00519. The Morgan fingerprint density at radius 3 is 2.77 bits per heavy atom. The third-order valence-corrected chi connectivity index (χ3v) is 2.68. The molecule has 0 aromatic heterocycles. The highest BCUT2D eigenvalue weighted by molar-refractivity contribution is 5.81. The first-order valence-electron chi connectivity index (χ1n) is 4.86. The van der Waals surface area contributed by atoms with E-state index in [1.165, 1.54) is 0 Å². The standard InChI is InChI=1S/C9H15NO3/c11-7-4-6(5-7)10-9(12)8-2-1-3-13-8/h6-8,11H,1-5H2,(H,10,12). The van der Waals surface area contributed by atoms with Gasteiger partial charge in [-0.3, -0.25) is 4.79 Å². The monoisotopic (exact) mass is 185 g/mol. The van der Waals surface area contributed by atoms with Crippen LogP contribution in [-0.4, -0.2) is 35.9 Å². The Bertz CT molecular complexity index is 195. The van der Waals surface area contributed by atoms with Gasteiger partial charge in [0.25, 0.3) is 0 Å².